The zero-order valence-electron chi connectivity index (χ0n) is 57.8. The van der Waals surface area contributed by atoms with E-state index in [4.69, 9.17) is 34.4 Å². The van der Waals surface area contributed by atoms with Gasteiger partial charge in [-0.15, -0.1) is 0 Å². The molecule has 37 heteroatoms. The fourth-order valence-electron chi connectivity index (χ4n) is 5.82. The third kappa shape index (κ3) is 47.9. The van der Waals surface area contributed by atoms with Crippen molar-refractivity contribution in [2.75, 3.05) is 41.0 Å². The van der Waals surface area contributed by atoms with E-state index in [1.807, 2.05) is 69.2 Å². The van der Waals surface area contributed by atoms with Crippen LogP contribution in [0.3, 0.4) is 0 Å². The van der Waals surface area contributed by atoms with Crippen molar-refractivity contribution >= 4 is 201 Å². The normalized spacial score (nSPS) is 9.08. The van der Waals surface area contributed by atoms with Crippen molar-refractivity contribution in [1.82, 2.24) is 59.2 Å². The predicted molar refractivity (Wildman–Crippen MR) is 451 cm³/mol. The van der Waals surface area contributed by atoms with Crippen molar-refractivity contribution in [2.24, 2.45) is 5.73 Å². The van der Waals surface area contributed by atoms with Crippen LogP contribution in [-0.4, -0.2) is 127 Å². The molecular formula is C62H92I7N15O13V2-. The second-order valence-electron chi connectivity index (χ2n) is 15.5. The maximum atomic E-state index is 12.0. The molecule has 9 aromatic rings. The Bertz CT molecular complexity index is 3430. The van der Waals surface area contributed by atoms with Crippen LogP contribution in [0.15, 0.2) is 124 Å². The summed E-state index contributed by atoms with van der Waals surface area (Å²) in [5.41, 5.74) is 6.29. The number of H-pyrrole nitrogens is 3. The number of hydrogen-bond donors (Lipinski definition) is 4. The van der Waals surface area contributed by atoms with Gasteiger partial charge in [-0.3, -0.25) is 54.0 Å². The number of rotatable bonds is 11. The summed E-state index contributed by atoms with van der Waals surface area (Å²) < 4.78 is 21.2. The molecule has 0 aliphatic carbocycles. The van der Waals surface area contributed by atoms with Gasteiger partial charge in [-0.05, 0) is 70.6 Å². The van der Waals surface area contributed by atoms with Crippen molar-refractivity contribution < 1.29 is 61.9 Å². The van der Waals surface area contributed by atoms with E-state index in [0.717, 1.165) is 14.1 Å². The molecule has 5 N–H and O–H groups in total. The van der Waals surface area contributed by atoms with Gasteiger partial charge in [0.1, 0.15) is -0.565 Å². The molecule has 1 radical (unpaired) electrons. The number of alkyl halides is 3. The molecule has 0 aliphatic heterocycles. The van der Waals surface area contributed by atoms with Crippen LogP contribution in [-0.2, 0) is 37.7 Å². The topological polar surface area (TPSA) is 382 Å². The number of benzene rings is 3. The first-order valence-corrected chi connectivity index (χ1v) is 47.9. The van der Waals surface area contributed by atoms with E-state index in [2.05, 4.69) is 220 Å². The zero-order chi connectivity index (χ0) is 75.8. The van der Waals surface area contributed by atoms with E-state index >= 15 is 0 Å². The number of hydrogen-bond acceptors (Lipinski definition) is 20. The molecule has 0 saturated carbocycles. The Morgan fingerprint density at radius 3 is 0.889 bits per heavy atom. The van der Waals surface area contributed by atoms with Gasteiger partial charge in [-0.25, -0.2) is 43.4 Å². The van der Waals surface area contributed by atoms with Gasteiger partial charge < -0.3 is 42.5 Å². The summed E-state index contributed by atoms with van der Waals surface area (Å²) in [5, 5.41) is 31.2. The summed E-state index contributed by atoms with van der Waals surface area (Å²) in [6.07, 6.45) is 10.9. The predicted octanol–water partition coefficient (Wildman–Crippen LogP) is 17.0. The number of nitrogens with two attached hydrogens (primary N) is 1. The Morgan fingerprint density at radius 1 is 0.525 bits per heavy atom. The van der Waals surface area contributed by atoms with Crippen LogP contribution in [0.4, 0.5) is 0 Å². The van der Waals surface area contributed by atoms with Crippen molar-refractivity contribution in [3.8, 4) is 17.8 Å². The number of para-hydroxylation sites is 3. The first-order chi connectivity index (χ1) is 46.2. The molecule has 0 aliphatic rings. The van der Waals surface area contributed by atoms with E-state index in [-0.39, 0.29) is 85.2 Å². The van der Waals surface area contributed by atoms with Gasteiger partial charge >= 0.3 is 82.8 Å². The number of nitrogens with zero attached hydrogens (tertiary/aromatic N) is 11. The van der Waals surface area contributed by atoms with Gasteiger partial charge in [0, 0.05) is 47.0 Å². The Balaban J connectivity index is -0.000000207. The van der Waals surface area contributed by atoms with Crippen LogP contribution in [0, 0.1) is 24.7 Å². The first-order valence-electron chi connectivity index (χ1n) is 29.9. The Labute approximate surface area is 683 Å². The van der Waals surface area contributed by atoms with Crippen molar-refractivity contribution in [3.63, 3.8) is 0 Å². The van der Waals surface area contributed by atoms with Gasteiger partial charge in [0.2, 0.25) is 17.8 Å². The van der Waals surface area contributed by atoms with Gasteiger partial charge in [-0.1, -0.05) is 195 Å². The molecule has 0 amide bonds. The number of nitro groups is 2. The van der Waals surface area contributed by atoms with Crippen LogP contribution in [0.25, 0.3) is 50.6 Å². The monoisotopic (exact) mass is 2240 g/mol. The summed E-state index contributed by atoms with van der Waals surface area (Å²) in [7, 11) is 3.28. The maximum Gasteiger partial charge on any atom is 0 e. The Hall–Kier alpha value is -3.84. The van der Waals surface area contributed by atoms with E-state index in [1.54, 1.807) is 93.6 Å². The smallest absolute Gasteiger partial charge is 0 e. The van der Waals surface area contributed by atoms with Crippen LogP contribution in [0.2, 0.25) is 0 Å². The van der Waals surface area contributed by atoms with Gasteiger partial charge in [-0.2, -0.15) is 21.7 Å². The number of carbonyl (C=O) groups excluding carboxylic acids is 3. The zero-order valence-corrected chi connectivity index (χ0v) is 75.7. The van der Waals surface area contributed by atoms with Crippen LogP contribution in [0.5, 0.6) is 0 Å². The molecule has 0 saturated heterocycles. The quantitative estimate of drug-likeness (QED) is 0.0178. The third-order valence-corrected chi connectivity index (χ3v) is 12.5. The standard InChI is InChI=1S/3C14H12N4O3.C3H5I3.C3H6I.5C2H6.2CH3NO2.CH5N.CH4.3HI.2V/c3*1-2-21-13(20)9-7-15-18(8-9)14-16-11-6-4-3-5-10(11)12(19)17-14;1-2-3(4,5)6;1-2-3-4;5*1-2;2*1-2(3)4;1-2;;;;;;/h3*3-8H,2H2,1H3,(H,16,17,19);2H2,1H3;3H,2H2,1H3;5*1-2H3;2*1H3;2H2,1H3;1H4;3*1H;;/q;;;;-1;;;;;;;;;;;;;;+3/p-3. The second-order valence-corrected chi connectivity index (χ2v) is 63.5. The Morgan fingerprint density at radius 2 is 0.717 bits per heavy atom. The number of halogens is 7. The molecule has 99 heavy (non-hydrogen) atoms. The number of carbonyl (C=O) groups is 3. The maximum absolute atomic E-state index is 12.0. The minimum Gasteiger partial charge on any atom is 0 e. The third-order valence-electron chi connectivity index (χ3n) is 9.29. The number of esters is 3. The van der Waals surface area contributed by atoms with Gasteiger partial charge in [0.25, 0.3) is 16.7 Å². The van der Waals surface area contributed by atoms with E-state index in [9.17, 15) is 28.8 Å². The number of fused-ring (bicyclic) bond motifs is 3. The van der Waals surface area contributed by atoms with Crippen molar-refractivity contribution in [1.29, 1.82) is 0 Å². The summed E-state index contributed by atoms with van der Waals surface area (Å²) in [5.74, 6) is -0.664. The molecule has 0 unspecified atom stereocenters. The first kappa shape index (κ1) is 109. The summed E-state index contributed by atoms with van der Waals surface area (Å²) in [6, 6.07) is 21.0. The number of nitrogens with one attached hydrogen (secondary N) is 3. The van der Waals surface area contributed by atoms with Crippen LogP contribution in [0.1, 0.15) is 155 Å². The summed E-state index contributed by atoms with van der Waals surface area (Å²) >= 11 is 16.9. The van der Waals surface area contributed by atoms with E-state index < -0.39 is 27.8 Å². The van der Waals surface area contributed by atoms with Gasteiger partial charge in [0.15, 0.2) is 14.1 Å². The number of aromatic nitrogens is 12. The fourth-order valence-corrected chi connectivity index (χ4v) is 5.82. The summed E-state index contributed by atoms with van der Waals surface area (Å²) in [6.45, 7) is 30.3. The average Bonchev–Trinajstić information content (AvgIpc) is 1.81. The molecule has 0 bridgehead atoms. The van der Waals surface area contributed by atoms with Crippen molar-refractivity contribution in [3.05, 3.63) is 182 Å². The van der Waals surface area contributed by atoms with Crippen molar-refractivity contribution in [2.45, 2.75) is 124 Å². The number of ether oxygens (including phenoxy) is 3. The van der Waals surface area contributed by atoms with Crippen LogP contribution >= 0.6 is 150 Å². The molecule has 553 valence electrons. The second kappa shape index (κ2) is 67.3. The minimum absolute atomic E-state index is 0. The minimum atomic E-state index is -0.500. The number of aromatic amines is 3. The van der Waals surface area contributed by atoms with E-state index in [1.165, 1.54) is 71.1 Å². The molecule has 0 spiro atoms. The fraction of sp³-hybridized carbons (Fsp3) is 0.403. The molecule has 6 aromatic heterocycles. The average molecular weight is 2250 g/mol. The molecule has 9 rings (SSSR count). The molecular weight excluding hydrogens is 2150 g/mol. The molecule has 0 atom stereocenters. The molecule has 0 fully saturated rings. The molecule has 6 heterocycles. The molecule has 28 nitrogen and oxygen atoms in total. The molecule has 3 aromatic carbocycles. The summed E-state index contributed by atoms with van der Waals surface area (Å²) in [4.78, 5) is 108. The van der Waals surface area contributed by atoms with Crippen LogP contribution < -0.4 is 22.4 Å². The van der Waals surface area contributed by atoms with E-state index in [0.29, 0.717) is 48.8 Å². The Kier molecular flexibility index (Phi) is 73.8. The van der Waals surface area contributed by atoms with Gasteiger partial charge in [0.05, 0.1) is 87.8 Å². The SMILES string of the molecule is C.CC.CC.CC.CC.CC.CCC(I)(I)I.CCOC(=O)c1cnn(-c2nc3ccccc3c(=O)[nH]2)c1.CCOC(=O)c1cnn(-c2nc3ccccc3c(=O)[nH]2)c1.CCOC(=O)c1cnn(-c2nc3ccccc3c(=O)[nH]2)c1.CC[CH-]I.CN.C[N+](=O)[O-].C[N+](=O)[O-].[I][V]([I])[I].[V]. The largest absolute Gasteiger partial charge is 0 e.